The maximum atomic E-state index is 5.90. The van der Waals surface area contributed by atoms with E-state index in [2.05, 4.69) is 4.98 Å². The van der Waals surface area contributed by atoms with Gasteiger partial charge in [-0.15, -0.1) is 11.6 Å². The number of halogens is 1. The molecular weight excluding hydrogens is 326 g/mol. The Morgan fingerprint density at radius 2 is 1.88 bits per heavy atom. The highest BCUT2D eigenvalue weighted by Crippen LogP contribution is 2.33. The lowest BCUT2D eigenvalue weighted by Crippen LogP contribution is -2.00. The van der Waals surface area contributed by atoms with E-state index in [0.29, 0.717) is 42.2 Å². The second-order valence-electron chi connectivity index (χ2n) is 5.15. The number of nitrogens with zero attached hydrogens (tertiary/aromatic N) is 1. The predicted octanol–water partition coefficient (Wildman–Crippen LogP) is 5.06. The lowest BCUT2D eigenvalue weighted by molar-refractivity contribution is 0.269. The van der Waals surface area contributed by atoms with Gasteiger partial charge in [-0.25, -0.2) is 4.98 Å². The van der Waals surface area contributed by atoms with Gasteiger partial charge in [-0.05, 0) is 30.7 Å². The molecule has 3 aromatic rings. The summed E-state index contributed by atoms with van der Waals surface area (Å²) < 4.78 is 17.0. The van der Waals surface area contributed by atoms with Crippen molar-refractivity contribution in [3.63, 3.8) is 0 Å². The van der Waals surface area contributed by atoms with Gasteiger partial charge in [0.15, 0.2) is 11.5 Å². The summed E-state index contributed by atoms with van der Waals surface area (Å²) in [6, 6.07) is 15.6. The first-order chi connectivity index (χ1) is 11.8. The van der Waals surface area contributed by atoms with E-state index < -0.39 is 0 Å². The summed E-state index contributed by atoms with van der Waals surface area (Å²) in [4.78, 5) is 4.33. The molecule has 0 radical (unpaired) electrons. The van der Waals surface area contributed by atoms with Crippen molar-refractivity contribution in [3.8, 4) is 23.0 Å². The third kappa shape index (κ3) is 3.89. The van der Waals surface area contributed by atoms with Gasteiger partial charge >= 0.3 is 0 Å². The topological polar surface area (TPSA) is 44.5 Å². The van der Waals surface area contributed by atoms with Crippen LogP contribution in [0, 0.1) is 0 Å². The van der Waals surface area contributed by atoms with Gasteiger partial charge < -0.3 is 13.9 Å². The van der Waals surface area contributed by atoms with Gasteiger partial charge in [-0.2, -0.15) is 0 Å². The largest absolute Gasteiger partial charge is 0.490 e. The molecule has 124 valence electrons. The molecule has 0 aliphatic rings. The van der Waals surface area contributed by atoms with Crippen LogP contribution in [0.1, 0.15) is 18.2 Å². The van der Waals surface area contributed by atoms with E-state index >= 15 is 0 Å². The first-order valence-corrected chi connectivity index (χ1v) is 8.28. The third-order valence-corrected chi connectivity index (χ3v) is 3.69. The van der Waals surface area contributed by atoms with Gasteiger partial charge in [-0.3, -0.25) is 0 Å². The highest BCUT2D eigenvalue weighted by molar-refractivity contribution is 6.16. The molecule has 4 nitrogen and oxygen atoms in total. The van der Waals surface area contributed by atoms with Gasteiger partial charge in [0.25, 0.3) is 0 Å². The molecule has 5 heteroatoms. The van der Waals surface area contributed by atoms with Crippen molar-refractivity contribution in [2.75, 3.05) is 6.61 Å². The molecule has 0 saturated heterocycles. The fourth-order valence-corrected chi connectivity index (χ4v) is 2.39. The van der Waals surface area contributed by atoms with Crippen molar-refractivity contribution in [2.24, 2.45) is 0 Å². The molecule has 0 aliphatic heterocycles. The van der Waals surface area contributed by atoms with Crippen LogP contribution < -0.4 is 9.47 Å². The SMILES string of the molecule is CCOc1cc(-c2nc(CCl)co2)ccc1OCc1ccccc1. The zero-order valence-electron chi connectivity index (χ0n) is 13.4. The van der Waals surface area contributed by atoms with Crippen LogP contribution in [-0.2, 0) is 12.5 Å². The van der Waals surface area contributed by atoms with Crippen LogP contribution >= 0.6 is 11.6 Å². The Morgan fingerprint density at radius 1 is 1.04 bits per heavy atom. The molecular formula is C19H18ClNO3. The highest BCUT2D eigenvalue weighted by atomic mass is 35.5. The molecule has 0 amide bonds. The van der Waals surface area contributed by atoms with Crippen LogP contribution in [0.3, 0.4) is 0 Å². The van der Waals surface area contributed by atoms with Gasteiger partial charge in [-0.1, -0.05) is 30.3 Å². The van der Waals surface area contributed by atoms with Crippen molar-refractivity contribution in [1.29, 1.82) is 0 Å². The Balaban J connectivity index is 1.81. The van der Waals surface area contributed by atoms with E-state index in [1.165, 1.54) is 0 Å². The monoisotopic (exact) mass is 343 g/mol. The number of oxazole rings is 1. The molecule has 0 fully saturated rings. The van der Waals surface area contributed by atoms with Crippen LogP contribution in [0.5, 0.6) is 11.5 Å². The fourth-order valence-electron chi connectivity index (χ4n) is 2.26. The van der Waals surface area contributed by atoms with Crippen molar-refractivity contribution in [2.45, 2.75) is 19.4 Å². The summed E-state index contributed by atoms with van der Waals surface area (Å²) in [5.41, 5.74) is 2.62. The van der Waals surface area contributed by atoms with Crippen LogP contribution in [0.4, 0.5) is 0 Å². The quantitative estimate of drug-likeness (QED) is 0.562. The van der Waals surface area contributed by atoms with Gasteiger partial charge in [0.05, 0.1) is 18.2 Å². The molecule has 0 unspecified atom stereocenters. The second kappa shape index (κ2) is 7.88. The van der Waals surface area contributed by atoms with Crippen LogP contribution in [0.25, 0.3) is 11.5 Å². The average Bonchev–Trinajstić information content (AvgIpc) is 3.11. The zero-order valence-corrected chi connectivity index (χ0v) is 14.1. The normalized spacial score (nSPS) is 10.6. The summed E-state index contributed by atoms with van der Waals surface area (Å²) in [6.45, 7) is 2.96. The average molecular weight is 344 g/mol. The van der Waals surface area contributed by atoms with E-state index in [0.717, 1.165) is 11.1 Å². The number of aromatic nitrogens is 1. The molecule has 3 rings (SSSR count). The first-order valence-electron chi connectivity index (χ1n) is 7.74. The molecule has 24 heavy (non-hydrogen) atoms. The van der Waals surface area contributed by atoms with Crippen LogP contribution in [0.2, 0.25) is 0 Å². The Bertz CT molecular complexity index is 786. The number of hydrogen-bond acceptors (Lipinski definition) is 4. The standard InChI is InChI=1S/C19H18ClNO3/c1-2-22-18-10-15(19-21-16(11-20)13-24-19)8-9-17(18)23-12-14-6-4-3-5-7-14/h3-10,13H,2,11-12H2,1H3. The van der Waals surface area contributed by atoms with E-state index in [1.807, 2.05) is 55.5 Å². The molecule has 0 aliphatic carbocycles. The minimum Gasteiger partial charge on any atom is -0.490 e. The molecule has 0 spiro atoms. The lowest BCUT2D eigenvalue weighted by atomic mass is 10.2. The molecule has 0 saturated carbocycles. The van der Waals surface area contributed by atoms with Crippen LogP contribution in [-0.4, -0.2) is 11.6 Å². The number of rotatable bonds is 7. The maximum absolute atomic E-state index is 5.90. The molecule has 0 bridgehead atoms. The molecule has 1 heterocycles. The summed E-state index contributed by atoms with van der Waals surface area (Å²) in [6.07, 6.45) is 1.56. The molecule has 1 aromatic heterocycles. The van der Waals surface area contributed by atoms with Crippen molar-refractivity contribution in [1.82, 2.24) is 4.98 Å². The Morgan fingerprint density at radius 3 is 2.58 bits per heavy atom. The van der Waals surface area contributed by atoms with E-state index in [-0.39, 0.29) is 0 Å². The molecule has 0 atom stereocenters. The number of hydrogen-bond donors (Lipinski definition) is 0. The minimum absolute atomic E-state index is 0.320. The number of ether oxygens (including phenoxy) is 2. The van der Waals surface area contributed by atoms with Gasteiger partial charge in [0.1, 0.15) is 12.9 Å². The van der Waals surface area contributed by atoms with E-state index in [9.17, 15) is 0 Å². The molecule has 0 N–H and O–H groups in total. The zero-order chi connectivity index (χ0) is 16.8. The molecule has 2 aromatic carbocycles. The number of benzene rings is 2. The summed E-state index contributed by atoms with van der Waals surface area (Å²) >= 11 is 5.77. The first kappa shape index (κ1) is 16.4. The van der Waals surface area contributed by atoms with Crippen LogP contribution in [0.15, 0.2) is 59.2 Å². The highest BCUT2D eigenvalue weighted by Gasteiger charge is 2.12. The third-order valence-electron chi connectivity index (χ3n) is 3.42. The fraction of sp³-hybridized carbons (Fsp3) is 0.211. The lowest BCUT2D eigenvalue weighted by Gasteiger charge is -2.12. The summed E-state index contributed by atoms with van der Waals surface area (Å²) in [5, 5.41) is 0. The second-order valence-corrected chi connectivity index (χ2v) is 5.41. The maximum Gasteiger partial charge on any atom is 0.226 e. The predicted molar refractivity (Wildman–Crippen MR) is 93.4 cm³/mol. The Labute approximate surface area is 146 Å². The van der Waals surface area contributed by atoms with Gasteiger partial charge in [0, 0.05) is 5.56 Å². The summed E-state index contributed by atoms with van der Waals surface area (Å²) in [5.74, 6) is 2.19. The Kier molecular flexibility index (Phi) is 5.39. The summed E-state index contributed by atoms with van der Waals surface area (Å²) in [7, 11) is 0. The smallest absolute Gasteiger partial charge is 0.226 e. The van der Waals surface area contributed by atoms with E-state index in [1.54, 1.807) is 6.26 Å². The van der Waals surface area contributed by atoms with Crippen molar-refractivity contribution >= 4 is 11.6 Å². The minimum atomic E-state index is 0.320. The van der Waals surface area contributed by atoms with E-state index in [4.69, 9.17) is 25.5 Å². The Hall–Kier alpha value is -2.46. The van der Waals surface area contributed by atoms with Crippen molar-refractivity contribution < 1.29 is 13.9 Å². The number of alkyl halides is 1. The van der Waals surface area contributed by atoms with Crippen molar-refractivity contribution in [3.05, 3.63) is 66.1 Å². The van der Waals surface area contributed by atoms with Gasteiger partial charge in [0.2, 0.25) is 5.89 Å².